The molecule has 0 amide bonds. The average Bonchev–Trinajstić information content (AvgIpc) is 3.34. The van der Waals surface area contributed by atoms with Crippen molar-refractivity contribution in [1.82, 2.24) is 14.9 Å². The number of nitrogens with one attached hydrogen (secondary N) is 1. The molecule has 0 unspecified atom stereocenters. The van der Waals surface area contributed by atoms with Crippen LogP contribution in [0, 0.1) is 0 Å². The van der Waals surface area contributed by atoms with Crippen LogP contribution in [0.5, 0.6) is 0 Å². The smallest absolute Gasteiger partial charge is 0.0960 e. The summed E-state index contributed by atoms with van der Waals surface area (Å²) in [7, 11) is 0. The van der Waals surface area contributed by atoms with Crippen molar-refractivity contribution < 1.29 is 0 Å². The highest BCUT2D eigenvalue weighted by atomic mass is 15.1. The maximum Gasteiger partial charge on any atom is 0.0960 e. The van der Waals surface area contributed by atoms with Crippen molar-refractivity contribution in [1.29, 1.82) is 0 Å². The summed E-state index contributed by atoms with van der Waals surface area (Å²) >= 11 is 0. The summed E-state index contributed by atoms with van der Waals surface area (Å²) in [6.45, 7) is 1.15. The molecule has 4 rings (SSSR count). The third-order valence-electron chi connectivity index (χ3n) is 4.23. The first-order valence-electron chi connectivity index (χ1n) is 7.59. The predicted molar refractivity (Wildman–Crippen MR) is 77.3 cm³/mol. The van der Waals surface area contributed by atoms with Gasteiger partial charge in [0.25, 0.3) is 0 Å². The van der Waals surface area contributed by atoms with E-state index in [4.69, 9.17) is 0 Å². The van der Waals surface area contributed by atoms with Crippen molar-refractivity contribution >= 4 is 11.0 Å². The van der Waals surface area contributed by atoms with Crippen molar-refractivity contribution in [2.75, 3.05) is 6.54 Å². The fraction of sp³-hybridized carbons (Fsp3) is 0.562. The van der Waals surface area contributed by atoms with Gasteiger partial charge in [-0.05, 0) is 62.8 Å². The van der Waals surface area contributed by atoms with Crippen molar-refractivity contribution in [2.45, 2.75) is 50.6 Å². The SMILES string of the molecule is c1cc2c(cc1CCCNC1CC1)ncn2C1CC1. The third-order valence-corrected chi connectivity index (χ3v) is 4.23. The molecule has 19 heavy (non-hydrogen) atoms. The van der Waals surface area contributed by atoms with Gasteiger partial charge < -0.3 is 9.88 Å². The molecule has 1 aromatic heterocycles. The zero-order valence-electron chi connectivity index (χ0n) is 11.3. The van der Waals surface area contributed by atoms with E-state index in [1.165, 1.54) is 48.7 Å². The zero-order valence-corrected chi connectivity index (χ0v) is 11.3. The van der Waals surface area contributed by atoms with Crippen LogP contribution < -0.4 is 5.32 Å². The number of fused-ring (bicyclic) bond motifs is 1. The van der Waals surface area contributed by atoms with Gasteiger partial charge in [0.15, 0.2) is 0 Å². The Hall–Kier alpha value is -1.35. The molecule has 100 valence electrons. The minimum Gasteiger partial charge on any atom is -0.327 e. The minimum atomic E-state index is 0.721. The summed E-state index contributed by atoms with van der Waals surface area (Å²) in [5.41, 5.74) is 3.90. The molecule has 1 N–H and O–H groups in total. The number of rotatable bonds is 6. The molecule has 0 spiro atoms. The van der Waals surface area contributed by atoms with E-state index in [2.05, 4.69) is 33.1 Å². The molecule has 2 aromatic rings. The van der Waals surface area contributed by atoms with Gasteiger partial charge in [0.2, 0.25) is 0 Å². The first-order chi connectivity index (χ1) is 9.40. The topological polar surface area (TPSA) is 29.9 Å². The lowest BCUT2D eigenvalue weighted by Gasteiger charge is -2.04. The van der Waals surface area contributed by atoms with E-state index in [1.807, 2.05) is 6.33 Å². The van der Waals surface area contributed by atoms with Crippen LogP contribution in [0.15, 0.2) is 24.5 Å². The van der Waals surface area contributed by atoms with Crippen molar-refractivity contribution in [3.05, 3.63) is 30.1 Å². The Kier molecular flexibility index (Phi) is 2.80. The van der Waals surface area contributed by atoms with Gasteiger partial charge in [-0.25, -0.2) is 4.98 Å². The Morgan fingerprint density at radius 2 is 2.11 bits per heavy atom. The number of aromatic nitrogens is 2. The number of nitrogens with zero attached hydrogens (tertiary/aromatic N) is 2. The van der Waals surface area contributed by atoms with Crippen LogP contribution in [0.3, 0.4) is 0 Å². The van der Waals surface area contributed by atoms with Gasteiger partial charge in [0, 0.05) is 12.1 Å². The number of hydrogen-bond acceptors (Lipinski definition) is 2. The zero-order chi connectivity index (χ0) is 12.7. The molecular weight excluding hydrogens is 234 g/mol. The molecule has 2 saturated carbocycles. The molecule has 0 aliphatic heterocycles. The van der Waals surface area contributed by atoms with E-state index in [0.717, 1.165) is 25.0 Å². The van der Waals surface area contributed by atoms with Crippen molar-refractivity contribution in [3.63, 3.8) is 0 Å². The van der Waals surface area contributed by atoms with Crippen LogP contribution in [0.2, 0.25) is 0 Å². The Bertz CT molecular complexity index is 579. The van der Waals surface area contributed by atoms with Gasteiger partial charge in [-0.3, -0.25) is 0 Å². The number of hydrogen-bond donors (Lipinski definition) is 1. The molecule has 1 aromatic carbocycles. The number of benzene rings is 1. The van der Waals surface area contributed by atoms with Gasteiger partial charge in [0.1, 0.15) is 0 Å². The lowest BCUT2D eigenvalue weighted by molar-refractivity contribution is 0.646. The molecule has 2 fully saturated rings. The highest BCUT2D eigenvalue weighted by Gasteiger charge is 2.24. The highest BCUT2D eigenvalue weighted by molar-refractivity contribution is 5.76. The Balaban J connectivity index is 1.42. The summed E-state index contributed by atoms with van der Waals surface area (Å²) in [5.74, 6) is 0. The monoisotopic (exact) mass is 255 g/mol. The second-order valence-corrected chi connectivity index (χ2v) is 6.04. The van der Waals surface area contributed by atoms with Crippen molar-refractivity contribution in [3.8, 4) is 0 Å². The minimum absolute atomic E-state index is 0.721. The molecule has 3 nitrogen and oxygen atoms in total. The fourth-order valence-electron chi connectivity index (χ4n) is 2.76. The number of imidazole rings is 1. The normalized spacial score (nSPS) is 19.2. The third kappa shape index (κ3) is 2.52. The summed E-state index contributed by atoms with van der Waals surface area (Å²) in [4.78, 5) is 4.55. The predicted octanol–water partition coefficient (Wildman–Crippen LogP) is 3.06. The molecule has 2 aliphatic carbocycles. The maximum atomic E-state index is 4.55. The second kappa shape index (κ2) is 4.64. The number of aryl methyl sites for hydroxylation is 1. The maximum absolute atomic E-state index is 4.55. The van der Waals surface area contributed by atoms with Crippen LogP contribution in [0.1, 0.15) is 43.7 Å². The second-order valence-electron chi connectivity index (χ2n) is 6.04. The summed E-state index contributed by atoms with van der Waals surface area (Å²) < 4.78 is 2.34. The molecular formula is C16H21N3. The van der Waals surface area contributed by atoms with E-state index in [9.17, 15) is 0 Å². The van der Waals surface area contributed by atoms with Crippen LogP contribution in [0.4, 0.5) is 0 Å². The Morgan fingerprint density at radius 3 is 2.89 bits per heavy atom. The first kappa shape index (κ1) is 11.5. The van der Waals surface area contributed by atoms with E-state index < -0.39 is 0 Å². The van der Waals surface area contributed by atoms with Crippen molar-refractivity contribution in [2.24, 2.45) is 0 Å². The lowest BCUT2D eigenvalue weighted by Crippen LogP contribution is -2.17. The standard InChI is InChI=1S/C16H21N3/c1(9-17-13-4-5-13)2-12-3-8-16-15(10-12)18-11-19(16)14-6-7-14/h3,8,10-11,13-14,17H,1-2,4-7,9H2. The summed E-state index contributed by atoms with van der Waals surface area (Å²) in [6.07, 6.45) is 9.80. The van der Waals surface area contributed by atoms with Gasteiger partial charge in [-0.1, -0.05) is 6.07 Å². The average molecular weight is 255 g/mol. The van der Waals surface area contributed by atoms with Gasteiger partial charge in [0.05, 0.1) is 17.4 Å². The van der Waals surface area contributed by atoms with Crippen LogP contribution >= 0.6 is 0 Å². The van der Waals surface area contributed by atoms with Gasteiger partial charge in [-0.2, -0.15) is 0 Å². The van der Waals surface area contributed by atoms with Crippen LogP contribution in [-0.2, 0) is 6.42 Å². The summed E-state index contributed by atoms with van der Waals surface area (Å²) in [5, 5.41) is 3.57. The lowest BCUT2D eigenvalue weighted by atomic mass is 10.1. The van der Waals surface area contributed by atoms with E-state index in [-0.39, 0.29) is 0 Å². The molecule has 0 bridgehead atoms. The fourth-order valence-corrected chi connectivity index (χ4v) is 2.76. The first-order valence-corrected chi connectivity index (χ1v) is 7.59. The van der Waals surface area contributed by atoms with E-state index >= 15 is 0 Å². The van der Waals surface area contributed by atoms with Gasteiger partial charge in [-0.15, -0.1) is 0 Å². The summed E-state index contributed by atoms with van der Waals surface area (Å²) in [6, 6.07) is 8.35. The molecule has 2 aliphatic rings. The molecule has 1 heterocycles. The van der Waals surface area contributed by atoms with E-state index in [0.29, 0.717) is 0 Å². The molecule has 3 heteroatoms. The molecule has 0 radical (unpaired) electrons. The Morgan fingerprint density at radius 1 is 1.21 bits per heavy atom. The molecule has 0 atom stereocenters. The van der Waals surface area contributed by atoms with Crippen LogP contribution in [0.25, 0.3) is 11.0 Å². The Labute approximate surface area is 114 Å². The van der Waals surface area contributed by atoms with E-state index in [1.54, 1.807) is 0 Å². The quantitative estimate of drug-likeness (QED) is 0.804. The largest absolute Gasteiger partial charge is 0.327 e. The van der Waals surface area contributed by atoms with Gasteiger partial charge >= 0.3 is 0 Å². The highest BCUT2D eigenvalue weighted by Crippen LogP contribution is 2.37. The van der Waals surface area contributed by atoms with Crippen LogP contribution in [-0.4, -0.2) is 22.1 Å². The molecule has 0 saturated heterocycles.